The molecule has 0 saturated carbocycles. The largest absolute Gasteiger partial charge is 0.298 e. The third-order valence-electron chi connectivity index (χ3n) is 3.47. The number of hydrogen-bond donors (Lipinski definition) is 2. The number of thiophene rings is 1. The number of fused-ring (bicyclic) bond motifs is 1. The van der Waals surface area contributed by atoms with Crippen LogP contribution in [0.4, 0.5) is 10.1 Å². The van der Waals surface area contributed by atoms with E-state index in [4.69, 9.17) is 0 Å². The van der Waals surface area contributed by atoms with Gasteiger partial charge in [-0.05, 0) is 55.5 Å². The van der Waals surface area contributed by atoms with Crippen molar-refractivity contribution in [1.29, 1.82) is 0 Å². The Morgan fingerprint density at radius 3 is 2.70 bits per heavy atom. The highest BCUT2D eigenvalue weighted by atomic mass is 32.1. The van der Waals surface area contributed by atoms with Crippen molar-refractivity contribution in [3.8, 4) is 0 Å². The average molecular weight is 290 g/mol. The first-order valence-corrected chi connectivity index (χ1v) is 7.53. The van der Waals surface area contributed by atoms with E-state index in [0.717, 1.165) is 24.8 Å². The molecule has 0 radical (unpaired) electrons. The quantitative estimate of drug-likeness (QED) is 0.849. The second kappa shape index (κ2) is 5.63. The summed E-state index contributed by atoms with van der Waals surface area (Å²) in [6.45, 7) is 0. The minimum absolute atomic E-state index is 0.131. The van der Waals surface area contributed by atoms with Gasteiger partial charge in [0.25, 0.3) is 5.91 Å². The van der Waals surface area contributed by atoms with Crippen LogP contribution in [0, 0.1) is 5.82 Å². The normalized spacial score (nSPS) is 13.7. The van der Waals surface area contributed by atoms with Crippen molar-refractivity contribution in [3.05, 3.63) is 51.5 Å². The molecule has 104 valence electrons. The molecule has 0 atom stereocenters. The van der Waals surface area contributed by atoms with Gasteiger partial charge in [0.05, 0.1) is 11.3 Å². The minimum Gasteiger partial charge on any atom is -0.298 e. The fourth-order valence-electron chi connectivity index (χ4n) is 2.41. The van der Waals surface area contributed by atoms with Gasteiger partial charge in [-0.3, -0.25) is 15.6 Å². The lowest BCUT2D eigenvalue weighted by atomic mass is 9.96. The molecule has 1 aromatic carbocycles. The zero-order valence-corrected chi connectivity index (χ0v) is 11.7. The summed E-state index contributed by atoms with van der Waals surface area (Å²) in [6, 6.07) is 5.86. The van der Waals surface area contributed by atoms with Crippen LogP contribution in [-0.2, 0) is 12.8 Å². The van der Waals surface area contributed by atoms with Gasteiger partial charge in [-0.15, -0.1) is 11.3 Å². The average Bonchev–Trinajstić information content (AvgIpc) is 2.90. The van der Waals surface area contributed by atoms with Crippen LogP contribution in [0.25, 0.3) is 0 Å². The lowest BCUT2D eigenvalue weighted by molar-refractivity contribution is 0.0962. The molecule has 2 N–H and O–H groups in total. The Morgan fingerprint density at radius 1 is 1.15 bits per heavy atom. The maximum Gasteiger partial charge on any atom is 0.270 e. The van der Waals surface area contributed by atoms with E-state index in [-0.39, 0.29) is 11.7 Å². The second-order valence-electron chi connectivity index (χ2n) is 4.84. The van der Waals surface area contributed by atoms with Gasteiger partial charge in [-0.25, -0.2) is 4.39 Å². The number of aryl methyl sites for hydroxylation is 1. The predicted molar refractivity (Wildman–Crippen MR) is 78.4 cm³/mol. The standard InChI is InChI=1S/C15H15FN2OS/c16-10-5-7-11(8-6-10)17-18-15(19)13-9-20-14-4-2-1-3-12(13)14/h5-9,17H,1-4H2,(H,18,19). The molecule has 0 saturated heterocycles. The number of nitrogens with one attached hydrogen (secondary N) is 2. The molecular formula is C15H15FN2OS. The highest BCUT2D eigenvalue weighted by molar-refractivity contribution is 7.10. The third kappa shape index (κ3) is 2.67. The van der Waals surface area contributed by atoms with Crippen molar-refractivity contribution in [2.24, 2.45) is 0 Å². The highest BCUT2D eigenvalue weighted by Crippen LogP contribution is 2.30. The smallest absolute Gasteiger partial charge is 0.270 e. The van der Waals surface area contributed by atoms with Gasteiger partial charge in [0.2, 0.25) is 0 Å². The molecule has 2 aromatic rings. The van der Waals surface area contributed by atoms with Crippen LogP contribution in [0.2, 0.25) is 0 Å². The molecule has 0 spiro atoms. The van der Waals surface area contributed by atoms with Gasteiger partial charge in [0.1, 0.15) is 5.82 Å². The predicted octanol–water partition coefficient (Wildman–Crippen LogP) is 3.52. The molecule has 1 heterocycles. The number of hydrazine groups is 1. The lowest BCUT2D eigenvalue weighted by Crippen LogP contribution is -2.29. The van der Waals surface area contributed by atoms with Crippen LogP contribution in [0.15, 0.2) is 29.6 Å². The number of rotatable bonds is 3. The van der Waals surface area contributed by atoms with Crippen molar-refractivity contribution in [1.82, 2.24) is 5.43 Å². The van der Waals surface area contributed by atoms with Gasteiger partial charge in [-0.1, -0.05) is 0 Å². The molecule has 0 aliphatic heterocycles. The van der Waals surface area contributed by atoms with E-state index in [9.17, 15) is 9.18 Å². The fraction of sp³-hybridized carbons (Fsp3) is 0.267. The molecule has 3 rings (SSSR count). The van der Waals surface area contributed by atoms with Crippen molar-refractivity contribution in [2.45, 2.75) is 25.7 Å². The molecule has 5 heteroatoms. The van der Waals surface area contributed by atoms with Gasteiger partial charge in [0.15, 0.2) is 0 Å². The van der Waals surface area contributed by atoms with Gasteiger partial charge < -0.3 is 0 Å². The molecule has 20 heavy (non-hydrogen) atoms. The van der Waals surface area contributed by atoms with Crippen LogP contribution in [0.3, 0.4) is 0 Å². The summed E-state index contributed by atoms with van der Waals surface area (Å²) < 4.78 is 12.8. The first-order chi connectivity index (χ1) is 9.74. The van der Waals surface area contributed by atoms with Crippen molar-refractivity contribution in [2.75, 3.05) is 5.43 Å². The first kappa shape index (κ1) is 13.1. The summed E-state index contributed by atoms with van der Waals surface area (Å²) in [5.74, 6) is -0.428. The Balaban J connectivity index is 1.67. The summed E-state index contributed by atoms with van der Waals surface area (Å²) in [4.78, 5) is 13.5. The SMILES string of the molecule is O=C(NNc1ccc(F)cc1)c1csc2c1CCCC2. The molecule has 3 nitrogen and oxygen atoms in total. The van der Waals surface area contributed by atoms with Crippen LogP contribution in [-0.4, -0.2) is 5.91 Å². The number of carbonyl (C=O) groups excluding carboxylic acids is 1. The summed E-state index contributed by atoms with van der Waals surface area (Å²) in [5.41, 5.74) is 8.09. The lowest BCUT2D eigenvalue weighted by Gasteiger charge is -2.13. The first-order valence-electron chi connectivity index (χ1n) is 6.65. The van der Waals surface area contributed by atoms with Crippen LogP contribution in [0.1, 0.15) is 33.6 Å². The molecule has 0 unspecified atom stereocenters. The summed E-state index contributed by atoms with van der Waals surface area (Å²) in [6.07, 6.45) is 4.43. The van der Waals surface area contributed by atoms with Crippen molar-refractivity contribution < 1.29 is 9.18 Å². The fourth-order valence-corrected chi connectivity index (χ4v) is 3.54. The zero-order valence-electron chi connectivity index (χ0n) is 10.9. The van der Waals surface area contributed by atoms with E-state index in [2.05, 4.69) is 10.9 Å². The molecule has 0 fully saturated rings. The van der Waals surface area contributed by atoms with E-state index >= 15 is 0 Å². The topological polar surface area (TPSA) is 41.1 Å². The van der Waals surface area contributed by atoms with E-state index in [1.54, 1.807) is 23.5 Å². The van der Waals surface area contributed by atoms with Crippen LogP contribution in [0.5, 0.6) is 0 Å². The number of halogens is 1. The van der Waals surface area contributed by atoms with E-state index in [1.807, 2.05) is 5.38 Å². The van der Waals surface area contributed by atoms with Gasteiger partial charge in [0, 0.05) is 10.3 Å². The Hall–Kier alpha value is -1.88. The Labute approximate surface area is 120 Å². The summed E-state index contributed by atoms with van der Waals surface area (Å²) >= 11 is 1.67. The molecule has 0 bridgehead atoms. The Morgan fingerprint density at radius 2 is 1.90 bits per heavy atom. The molecular weight excluding hydrogens is 275 g/mol. The third-order valence-corrected chi connectivity index (χ3v) is 4.56. The monoisotopic (exact) mass is 290 g/mol. The molecule has 1 aliphatic carbocycles. The summed E-state index contributed by atoms with van der Waals surface area (Å²) in [5, 5.41) is 1.93. The number of amides is 1. The maximum atomic E-state index is 12.8. The Kier molecular flexibility index (Phi) is 3.69. The molecule has 1 amide bonds. The van der Waals surface area contributed by atoms with E-state index in [0.29, 0.717) is 5.69 Å². The maximum absolute atomic E-state index is 12.8. The molecule has 1 aromatic heterocycles. The zero-order chi connectivity index (χ0) is 13.9. The molecule has 1 aliphatic rings. The van der Waals surface area contributed by atoms with Crippen molar-refractivity contribution >= 4 is 22.9 Å². The van der Waals surface area contributed by atoms with Gasteiger partial charge >= 0.3 is 0 Å². The van der Waals surface area contributed by atoms with E-state index in [1.165, 1.54) is 29.0 Å². The summed E-state index contributed by atoms with van der Waals surface area (Å²) in [7, 11) is 0. The van der Waals surface area contributed by atoms with Gasteiger partial charge in [-0.2, -0.15) is 0 Å². The van der Waals surface area contributed by atoms with Crippen molar-refractivity contribution in [3.63, 3.8) is 0 Å². The second-order valence-corrected chi connectivity index (χ2v) is 5.81. The number of carbonyl (C=O) groups is 1. The minimum atomic E-state index is -0.297. The Bertz CT molecular complexity index is 621. The van der Waals surface area contributed by atoms with E-state index < -0.39 is 0 Å². The number of benzene rings is 1. The highest BCUT2D eigenvalue weighted by Gasteiger charge is 2.19. The number of hydrogen-bond acceptors (Lipinski definition) is 3. The number of anilines is 1. The van der Waals surface area contributed by atoms with Crippen LogP contribution >= 0.6 is 11.3 Å². The van der Waals surface area contributed by atoms with Crippen LogP contribution < -0.4 is 10.9 Å².